The lowest BCUT2D eigenvalue weighted by Gasteiger charge is -2.15. The van der Waals surface area contributed by atoms with Gasteiger partial charge in [-0.25, -0.2) is 0 Å². The van der Waals surface area contributed by atoms with Crippen LogP contribution in [-0.4, -0.2) is 40.6 Å². The maximum Gasteiger partial charge on any atom is 0.252 e. The van der Waals surface area contributed by atoms with Gasteiger partial charge in [0.25, 0.3) is 5.89 Å². The number of hydrogen-bond donors (Lipinski definition) is 0. The van der Waals surface area contributed by atoms with Gasteiger partial charge >= 0.3 is 0 Å². The predicted octanol–water partition coefficient (Wildman–Crippen LogP) is 0.763. The van der Waals surface area contributed by atoms with E-state index in [0.29, 0.717) is 17.6 Å². The molecule has 0 radical (unpaired) electrons. The van der Waals surface area contributed by atoms with Crippen LogP contribution in [0.4, 0.5) is 0 Å². The van der Waals surface area contributed by atoms with E-state index in [-0.39, 0.29) is 19.1 Å². The zero-order valence-corrected chi connectivity index (χ0v) is 10.2. The standard InChI is InChI=1S/C11H17N3O3/c1-8-3-4-14(5-8)11(15)7-16-6-10-12-9(2)13-17-10/h8H,3-7H2,1-2H3/t8-/m0/s1. The monoisotopic (exact) mass is 239 g/mol. The van der Waals surface area contributed by atoms with E-state index in [4.69, 9.17) is 9.26 Å². The first-order valence-corrected chi connectivity index (χ1v) is 5.80. The highest BCUT2D eigenvalue weighted by atomic mass is 16.5. The van der Waals surface area contributed by atoms with E-state index in [1.807, 2.05) is 4.90 Å². The molecule has 1 saturated heterocycles. The van der Waals surface area contributed by atoms with Crippen molar-refractivity contribution in [2.24, 2.45) is 5.92 Å². The van der Waals surface area contributed by atoms with Gasteiger partial charge in [-0.2, -0.15) is 4.98 Å². The van der Waals surface area contributed by atoms with Crippen LogP contribution < -0.4 is 0 Å². The number of aromatic nitrogens is 2. The minimum Gasteiger partial charge on any atom is -0.362 e. The van der Waals surface area contributed by atoms with Crippen LogP contribution in [0.25, 0.3) is 0 Å². The number of nitrogens with zero attached hydrogens (tertiary/aromatic N) is 3. The van der Waals surface area contributed by atoms with Gasteiger partial charge in [-0.15, -0.1) is 0 Å². The highest BCUT2D eigenvalue weighted by Gasteiger charge is 2.23. The number of amides is 1. The van der Waals surface area contributed by atoms with Crippen molar-refractivity contribution in [1.29, 1.82) is 0 Å². The molecule has 6 heteroatoms. The summed E-state index contributed by atoms with van der Waals surface area (Å²) in [5.74, 6) is 1.61. The molecule has 2 heterocycles. The number of carbonyl (C=O) groups is 1. The molecular weight excluding hydrogens is 222 g/mol. The van der Waals surface area contributed by atoms with Crippen molar-refractivity contribution in [2.45, 2.75) is 26.9 Å². The van der Waals surface area contributed by atoms with Crippen LogP contribution >= 0.6 is 0 Å². The third-order valence-corrected chi connectivity index (χ3v) is 2.80. The Morgan fingerprint density at radius 3 is 3.06 bits per heavy atom. The van der Waals surface area contributed by atoms with E-state index in [1.165, 1.54) is 0 Å². The molecule has 94 valence electrons. The number of ether oxygens (including phenoxy) is 1. The molecular formula is C11H17N3O3. The van der Waals surface area contributed by atoms with Crippen LogP contribution in [-0.2, 0) is 16.1 Å². The molecule has 0 bridgehead atoms. The second kappa shape index (κ2) is 5.27. The van der Waals surface area contributed by atoms with Crippen molar-refractivity contribution in [3.63, 3.8) is 0 Å². The summed E-state index contributed by atoms with van der Waals surface area (Å²) >= 11 is 0. The van der Waals surface area contributed by atoms with Crippen LogP contribution in [0.2, 0.25) is 0 Å². The first-order chi connectivity index (χ1) is 8.15. The van der Waals surface area contributed by atoms with Crippen LogP contribution in [0, 0.1) is 12.8 Å². The minimum absolute atomic E-state index is 0.0330. The van der Waals surface area contributed by atoms with Gasteiger partial charge < -0.3 is 14.2 Å². The molecule has 17 heavy (non-hydrogen) atoms. The number of rotatable bonds is 4. The van der Waals surface area contributed by atoms with Gasteiger partial charge in [-0.1, -0.05) is 12.1 Å². The molecule has 0 aromatic carbocycles. The van der Waals surface area contributed by atoms with Crippen molar-refractivity contribution in [2.75, 3.05) is 19.7 Å². The fourth-order valence-electron chi connectivity index (χ4n) is 1.88. The normalized spacial score (nSPS) is 19.9. The lowest BCUT2D eigenvalue weighted by molar-refractivity contribution is -0.135. The molecule has 1 aromatic heterocycles. The Morgan fingerprint density at radius 2 is 2.47 bits per heavy atom. The highest BCUT2D eigenvalue weighted by Crippen LogP contribution is 2.14. The second-order valence-electron chi connectivity index (χ2n) is 4.46. The predicted molar refractivity (Wildman–Crippen MR) is 59.1 cm³/mol. The molecule has 1 atom stereocenters. The quantitative estimate of drug-likeness (QED) is 0.776. The zero-order chi connectivity index (χ0) is 12.3. The molecule has 1 fully saturated rings. The Labute approximate surface area is 99.9 Å². The topological polar surface area (TPSA) is 68.5 Å². The van der Waals surface area contributed by atoms with Gasteiger partial charge in [0.15, 0.2) is 5.82 Å². The SMILES string of the molecule is Cc1noc(COCC(=O)N2CC[C@H](C)C2)n1. The van der Waals surface area contributed by atoms with E-state index >= 15 is 0 Å². The molecule has 1 aromatic rings. The van der Waals surface area contributed by atoms with Crippen LogP contribution in [0.1, 0.15) is 25.1 Å². The first kappa shape index (κ1) is 12.0. The summed E-state index contributed by atoms with van der Waals surface area (Å²) in [5, 5.41) is 3.64. The fraction of sp³-hybridized carbons (Fsp3) is 0.727. The van der Waals surface area contributed by atoms with E-state index < -0.39 is 0 Å². The van der Waals surface area contributed by atoms with E-state index in [0.717, 1.165) is 19.5 Å². The molecule has 1 aliphatic rings. The van der Waals surface area contributed by atoms with E-state index in [2.05, 4.69) is 17.1 Å². The summed E-state index contributed by atoms with van der Waals surface area (Å²) in [6.45, 7) is 5.83. The van der Waals surface area contributed by atoms with Crippen molar-refractivity contribution in [3.8, 4) is 0 Å². The molecule has 0 saturated carbocycles. The summed E-state index contributed by atoms with van der Waals surface area (Å²) in [4.78, 5) is 17.5. The van der Waals surface area contributed by atoms with Gasteiger partial charge in [0.05, 0.1) is 0 Å². The van der Waals surface area contributed by atoms with E-state index in [9.17, 15) is 4.79 Å². The fourth-order valence-corrected chi connectivity index (χ4v) is 1.88. The molecule has 0 unspecified atom stereocenters. The van der Waals surface area contributed by atoms with Gasteiger partial charge in [0, 0.05) is 13.1 Å². The molecule has 0 aliphatic carbocycles. The molecule has 1 amide bonds. The summed E-state index contributed by atoms with van der Waals surface area (Å²) in [6.07, 6.45) is 1.08. The summed E-state index contributed by atoms with van der Waals surface area (Å²) in [7, 11) is 0. The van der Waals surface area contributed by atoms with Gasteiger partial charge in [0.2, 0.25) is 5.91 Å². The second-order valence-corrected chi connectivity index (χ2v) is 4.46. The van der Waals surface area contributed by atoms with Gasteiger partial charge in [-0.3, -0.25) is 4.79 Å². The smallest absolute Gasteiger partial charge is 0.252 e. The molecule has 1 aliphatic heterocycles. The average Bonchev–Trinajstić information content (AvgIpc) is 2.88. The third kappa shape index (κ3) is 3.26. The van der Waals surface area contributed by atoms with Crippen molar-refractivity contribution in [1.82, 2.24) is 15.0 Å². The average molecular weight is 239 g/mol. The minimum atomic E-state index is 0.0330. The summed E-state index contributed by atoms with van der Waals surface area (Å²) in [6, 6.07) is 0. The highest BCUT2D eigenvalue weighted by molar-refractivity contribution is 5.77. The number of hydrogen-bond acceptors (Lipinski definition) is 5. The zero-order valence-electron chi connectivity index (χ0n) is 10.2. The Bertz CT molecular complexity index is 391. The van der Waals surface area contributed by atoms with Crippen LogP contribution in [0.15, 0.2) is 4.52 Å². The van der Waals surface area contributed by atoms with Crippen molar-refractivity contribution < 1.29 is 14.1 Å². The summed E-state index contributed by atoms with van der Waals surface area (Å²) in [5.41, 5.74) is 0. The lowest BCUT2D eigenvalue weighted by Crippen LogP contribution is -2.31. The Kier molecular flexibility index (Phi) is 3.73. The van der Waals surface area contributed by atoms with Gasteiger partial charge in [-0.05, 0) is 19.3 Å². The first-order valence-electron chi connectivity index (χ1n) is 5.80. The molecule has 0 spiro atoms. The molecule has 6 nitrogen and oxygen atoms in total. The third-order valence-electron chi connectivity index (χ3n) is 2.80. The Balaban J connectivity index is 1.70. The number of likely N-dealkylation sites (tertiary alicyclic amines) is 1. The van der Waals surface area contributed by atoms with Gasteiger partial charge in [0.1, 0.15) is 13.2 Å². The number of aryl methyl sites for hydroxylation is 1. The van der Waals surface area contributed by atoms with E-state index in [1.54, 1.807) is 6.92 Å². The Morgan fingerprint density at radius 1 is 1.65 bits per heavy atom. The number of carbonyl (C=O) groups excluding carboxylic acids is 1. The van der Waals surface area contributed by atoms with Crippen molar-refractivity contribution >= 4 is 5.91 Å². The molecule has 2 rings (SSSR count). The maximum atomic E-state index is 11.7. The lowest BCUT2D eigenvalue weighted by atomic mass is 10.2. The molecule has 0 N–H and O–H groups in total. The summed E-state index contributed by atoms with van der Waals surface area (Å²) < 4.78 is 10.1. The largest absolute Gasteiger partial charge is 0.362 e. The van der Waals surface area contributed by atoms with Crippen LogP contribution in [0.3, 0.4) is 0 Å². The van der Waals surface area contributed by atoms with Crippen molar-refractivity contribution in [3.05, 3.63) is 11.7 Å². The Hall–Kier alpha value is -1.43. The van der Waals surface area contributed by atoms with Crippen LogP contribution in [0.5, 0.6) is 0 Å². The maximum absolute atomic E-state index is 11.7.